The molecule has 5 aromatic rings. The van der Waals surface area contributed by atoms with Crippen LogP contribution in [0.1, 0.15) is 22.7 Å². The van der Waals surface area contributed by atoms with Crippen LogP contribution in [0.2, 0.25) is 0 Å². The Kier molecular flexibility index (Phi) is 8.18. The summed E-state index contributed by atoms with van der Waals surface area (Å²) in [5.74, 6) is -0.443. The average Bonchev–Trinajstić information content (AvgIpc) is 3.64. The number of methoxy groups -OCH3 is 3. The third kappa shape index (κ3) is 5.22. The average molecular weight is 627 g/mol. The molecule has 10 nitrogen and oxygen atoms in total. The molecule has 6 rings (SSSR count). The lowest BCUT2D eigenvalue weighted by Gasteiger charge is -2.24. The highest BCUT2D eigenvalue weighted by Gasteiger charge is 2.49. The Morgan fingerprint density at radius 1 is 0.932 bits per heavy atom. The first-order chi connectivity index (χ1) is 21.4. The van der Waals surface area contributed by atoms with Gasteiger partial charge in [0, 0.05) is 23.7 Å². The van der Waals surface area contributed by atoms with Gasteiger partial charge in [0.1, 0.15) is 5.76 Å². The van der Waals surface area contributed by atoms with Crippen LogP contribution >= 0.6 is 23.1 Å². The van der Waals surface area contributed by atoms with Crippen molar-refractivity contribution in [3.63, 3.8) is 0 Å². The molecular weight excluding hydrogens is 601 g/mol. The fourth-order valence-corrected chi connectivity index (χ4v) is 7.06. The first kappa shape index (κ1) is 29.1. The lowest BCUT2D eigenvalue weighted by molar-refractivity contribution is -0.132. The summed E-state index contributed by atoms with van der Waals surface area (Å²) in [6, 6.07) is 19.6. The number of benzene rings is 3. The van der Waals surface area contributed by atoms with Crippen molar-refractivity contribution in [2.45, 2.75) is 16.1 Å². The number of anilines is 1. The molecular formula is C32H26N4O6S2. The minimum Gasteiger partial charge on any atom is -0.507 e. The van der Waals surface area contributed by atoms with Gasteiger partial charge in [0.05, 0.1) is 32.9 Å². The smallest absolute Gasteiger partial charge is 0.301 e. The van der Waals surface area contributed by atoms with E-state index in [-0.39, 0.29) is 16.5 Å². The summed E-state index contributed by atoms with van der Waals surface area (Å²) in [5, 5.41) is 22.5. The zero-order chi connectivity index (χ0) is 30.8. The zero-order valence-corrected chi connectivity index (χ0v) is 25.5. The number of pyridine rings is 1. The molecule has 0 saturated carbocycles. The third-order valence-electron chi connectivity index (χ3n) is 7.23. The van der Waals surface area contributed by atoms with Gasteiger partial charge in [-0.25, -0.2) is 0 Å². The van der Waals surface area contributed by atoms with Crippen LogP contribution in [0.5, 0.6) is 17.2 Å². The van der Waals surface area contributed by atoms with E-state index in [9.17, 15) is 14.7 Å². The number of carbonyl (C=O) groups is 2. The van der Waals surface area contributed by atoms with Crippen molar-refractivity contribution in [2.75, 3.05) is 26.2 Å². The van der Waals surface area contributed by atoms with E-state index in [2.05, 4.69) is 39.4 Å². The van der Waals surface area contributed by atoms with Crippen molar-refractivity contribution >= 4 is 56.5 Å². The molecule has 0 spiro atoms. The highest BCUT2D eigenvalue weighted by molar-refractivity contribution is 8.00. The fourth-order valence-electron chi connectivity index (χ4n) is 5.19. The van der Waals surface area contributed by atoms with E-state index < -0.39 is 17.7 Å². The molecule has 222 valence electrons. The van der Waals surface area contributed by atoms with Crippen LogP contribution in [0.25, 0.3) is 16.5 Å². The van der Waals surface area contributed by atoms with Gasteiger partial charge in [0.15, 0.2) is 15.8 Å². The summed E-state index contributed by atoms with van der Waals surface area (Å²) in [5.41, 5.74) is 1.80. The van der Waals surface area contributed by atoms with Crippen molar-refractivity contribution in [1.82, 2.24) is 15.2 Å². The Morgan fingerprint density at radius 2 is 1.64 bits per heavy atom. The number of amides is 1. The van der Waals surface area contributed by atoms with Gasteiger partial charge in [-0.1, -0.05) is 65.6 Å². The van der Waals surface area contributed by atoms with Crippen molar-refractivity contribution in [1.29, 1.82) is 0 Å². The number of aliphatic hydroxyl groups is 1. The number of ketones is 1. The summed E-state index contributed by atoms with van der Waals surface area (Å²) >= 11 is 2.67. The van der Waals surface area contributed by atoms with Gasteiger partial charge in [0.25, 0.3) is 5.78 Å². The Bertz CT molecular complexity index is 1880. The molecule has 1 atom stereocenters. The third-order valence-corrected chi connectivity index (χ3v) is 9.34. The molecule has 12 heteroatoms. The zero-order valence-electron chi connectivity index (χ0n) is 23.9. The summed E-state index contributed by atoms with van der Waals surface area (Å²) in [6.45, 7) is 0. The number of hydrogen-bond acceptors (Lipinski definition) is 11. The van der Waals surface area contributed by atoms with E-state index in [0.29, 0.717) is 38.5 Å². The van der Waals surface area contributed by atoms with E-state index in [1.165, 1.54) is 61.7 Å². The highest BCUT2D eigenvalue weighted by atomic mass is 32.2. The Balaban J connectivity index is 1.43. The van der Waals surface area contributed by atoms with Crippen molar-refractivity contribution in [3.8, 4) is 17.2 Å². The molecule has 0 radical (unpaired) electrons. The lowest BCUT2D eigenvalue weighted by atomic mass is 9.95. The number of aromatic nitrogens is 3. The van der Waals surface area contributed by atoms with Gasteiger partial charge in [-0.15, -0.1) is 10.2 Å². The van der Waals surface area contributed by atoms with Crippen LogP contribution < -0.4 is 19.1 Å². The quantitative estimate of drug-likeness (QED) is 0.0682. The largest absolute Gasteiger partial charge is 0.507 e. The first-order valence-corrected chi connectivity index (χ1v) is 15.2. The molecule has 1 saturated heterocycles. The van der Waals surface area contributed by atoms with Crippen LogP contribution in [0.3, 0.4) is 0 Å². The molecule has 1 fully saturated rings. The molecule has 1 N–H and O–H groups in total. The molecule has 2 aromatic heterocycles. The molecule has 3 aromatic carbocycles. The Morgan fingerprint density at radius 3 is 2.34 bits per heavy atom. The molecule has 1 aliphatic rings. The number of rotatable bonds is 9. The number of nitrogens with zero attached hydrogens (tertiary/aromatic N) is 4. The van der Waals surface area contributed by atoms with E-state index in [1.807, 2.05) is 18.2 Å². The van der Waals surface area contributed by atoms with Crippen molar-refractivity contribution < 1.29 is 28.9 Å². The monoisotopic (exact) mass is 626 g/mol. The van der Waals surface area contributed by atoms with Gasteiger partial charge in [-0.3, -0.25) is 19.5 Å². The number of Topliss-reactive ketones (excluding diaryl/α,β-unsaturated/α-hetero) is 1. The molecule has 0 aliphatic carbocycles. The van der Waals surface area contributed by atoms with Gasteiger partial charge in [-0.05, 0) is 46.2 Å². The number of thioether (sulfide) groups is 1. The number of aliphatic hydroxyl groups excluding tert-OH is 1. The van der Waals surface area contributed by atoms with E-state index in [4.69, 9.17) is 14.2 Å². The van der Waals surface area contributed by atoms with Crippen LogP contribution in [0.15, 0.2) is 89.0 Å². The SMILES string of the molecule is COc1cc(C2/C(=C(\O)c3ccncc3)C(=O)C(=O)N2c2nnc(SCc3cccc4ccccc34)s2)cc(OC)c1OC. The molecule has 1 aliphatic heterocycles. The number of hydrogen-bond donors (Lipinski definition) is 1. The predicted octanol–water partition coefficient (Wildman–Crippen LogP) is 6.03. The Hall–Kier alpha value is -4.94. The predicted molar refractivity (Wildman–Crippen MR) is 169 cm³/mol. The Labute approximate surface area is 260 Å². The van der Waals surface area contributed by atoms with Crippen molar-refractivity contribution in [3.05, 3.63) is 101 Å². The first-order valence-electron chi connectivity index (χ1n) is 13.4. The molecule has 3 heterocycles. The van der Waals surface area contributed by atoms with Gasteiger partial charge in [-0.2, -0.15) is 0 Å². The number of fused-ring (bicyclic) bond motifs is 1. The standard InChI is InChI=1S/C32H26N4O6S2/c1-40-23-15-21(16-24(41-2)29(23)42-3)26-25(27(37)19-11-13-33-14-12-19)28(38)30(39)36(26)31-34-35-32(44-31)43-17-20-9-6-8-18-7-4-5-10-22(18)20/h4-16,26,37H,17H2,1-3H3/b27-25+. The van der Waals surface area contributed by atoms with Gasteiger partial charge >= 0.3 is 5.91 Å². The van der Waals surface area contributed by atoms with Gasteiger partial charge < -0.3 is 19.3 Å². The van der Waals surface area contributed by atoms with Crippen LogP contribution in [-0.4, -0.2) is 53.3 Å². The second-order valence-corrected chi connectivity index (χ2v) is 11.8. The maximum atomic E-state index is 13.7. The second-order valence-electron chi connectivity index (χ2n) is 9.64. The number of ether oxygens (including phenoxy) is 3. The highest BCUT2D eigenvalue weighted by Crippen LogP contribution is 2.48. The summed E-state index contributed by atoms with van der Waals surface area (Å²) in [6.07, 6.45) is 2.98. The van der Waals surface area contributed by atoms with Gasteiger partial charge in [0.2, 0.25) is 10.9 Å². The molecule has 1 amide bonds. The van der Waals surface area contributed by atoms with Crippen molar-refractivity contribution in [2.24, 2.45) is 0 Å². The fraction of sp³-hybridized carbons (Fsp3) is 0.156. The summed E-state index contributed by atoms with van der Waals surface area (Å²) in [4.78, 5) is 32.5. The maximum absolute atomic E-state index is 13.7. The topological polar surface area (TPSA) is 124 Å². The summed E-state index contributed by atoms with van der Waals surface area (Å²) < 4.78 is 17.2. The van der Waals surface area contributed by atoms with Crippen LogP contribution in [0.4, 0.5) is 5.13 Å². The van der Waals surface area contributed by atoms with E-state index in [1.54, 1.807) is 24.3 Å². The molecule has 44 heavy (non-hydrogen) atoms. The molecule has 1 unspecified atom stereocenters. The maximum Gasteiger partial charge on any atom is 0.301 e. The summed E-state index contributed by atoms with van der Waals surface area (Å²) in [7, 11) is 4.42. The minimum atomic E-state index is -1.07. The number of carbonyl (C=O) groups excluding carboxylic acids is 2. The minimum absolute atomic E-state index is 0.115. The normalized spacial score (nSPS) is 16.0. The molecule has 0 bridgehead atoms. The van der Waals surface area contributed by atoms with Crippen LogP contribution in [0, 0.1) is 0 Å². The van der Waals surface area contributed by atoms with E-state index >= 15 is 0 Å². The van der Waals surface area contributed by atoms with E-state index in [0.717, 1.165) is 16.3 Å². The van der Waals surface area contributed by atoms with Crippen LogP contribution in [-0.2, 0) is 15.3 Å². The lowest BCUT2D eigenvalue weighted by Crippen LogP contribution is -2.29. The second kappa shape index (κ2) is 12.3.